The van der Waals surface area contributed by atoms with Gasteiger partial charge in [0.2, 0.25) is 0 Å². The molecule has 0 radical (unpaired) electrons. The van der Waals surface area contributed by atoms with Gasteiger partial charge >= 0.3 is 5.97 Å². The molecule has 0 aliphatic heterocycles. The molecule has 6 nitrogen and oxygen atoms in total. The third-order valence-electron chi connectivity index (χ3n) is 14.5. The van der Waals surface area contributed by atoms with E-state index in [0.717, 1.165) is 118 Å². The molecule has 406 valence electrons. The second-order valence-corrected chi connectivity index (χ2v) is 25.8. The van der Waals surface area contributed by atoms with Crippen LogP contribution in [0.3, 0.4) is 0 Å². The molecule has 0 aliphatic carbocycles. The highest BCUT2D eigenvalue weighted by atomic mass is 32.1. The molecule has 0 saturated carbocycles. The zero-order valence-electron chi connectivity index (χ0n) is 46.1. The second kappa shape index (κ2) is 27.9. The number of carboxylic acids is 1. The molecular formula is C67H74N2O4S5. The Morgan fingerprint density at radius 3 is 1.77 bits per heavy atom. The minimum Gasteiger partial charge on any atom is -0.492 e. The summed E-state index contributed by atoms with van der Waals surface area (Å²) in [5.41, 5.74) is 7.99. The number of carboxylic acid groups (broad SMARTS) is 1. The van der Waals surface area contributed by atoms with Gasteiger partial charge in [-0.3, -0.25) is 0 Å². The number of aryl methyl sites for hydroxylation is 3. The maximum Gasteiger partial charge on any atom is 0.346 e. The topological polar surface area (TPSA) is 82.8 Å². The minimum atomic E-state index is -1.18. The van der Waals surface area contributed by atoms with Crippen LogP contribution in [-0.2, 0) is 17.6 Å². The van der Waals surface area contributed by atoms with E-state index in [1.54, 1.807) is 28.7 Å². The summed E-state index contributed by atoms with van der Waals surface area (Å²) >= 11 is 9.08. The van der Waals surface area contributed by atoms with Crippen molar-refractivity contribution in [3.63, 3.8) is 0 Å². The summed E-state index contributed by atoms with van der Waals surface area (Å²) < 4.78 is 19.0. The number of rotatable bonds is 30. The normalized spacial score (nSPS) is 11.8. The average molecular weight is 1130 g/mol. The maximum atomic E-state index is 12.2. The second-order valence-electron chi connectivity index (χ2n) is 20.6. The molecule has 11 heteroatoms. The molecule has 0 aliphatic rings. The van der Waals surface area contributed by atoms with Gasteiger partial charge in [-0.05, 0) is 121 Å². The number of aliphatic carboxylic acids is 1. The van der Waals surface area contributed by atoms with Crippen molar-refractivity contribution in [2.75, 3.05) is 18.1 Å². The number of benzene rings is 4. The zero-order valence-corrected chi connectivity index (χ0v) is 50.2. The smallest absolute Gasteiger partial charge is 0.346 e. The van der Waals surface area contributed by atoms with Crippen molar-refractivity contribution in [2.24, 2.45) is 0 Å². The Morgan fingerprint density at radius 2 is 1.12 bits per heavy atom. The summed E-state index contributed by atoms with van der Waals surface area (Å²) in [6.07, 6.45) is 21.7. The van der Waals surface area contributed by atoms with E-state index < -0.39 is 5.97 Å². The van der Waals surface area contributed by atoms with Crippen molar-refractivity contribution in [3.05, 3.63) is 130 Å². The molecular weight excluding hydrogens is 1060 g/mol. The molecule has 4 aromatic carbocycles. The number of unbranched alkanes of at least 4 members (excludes halogenated alkanes) is 12. The first-order valence-electron chi connectivity index (χ1n) is 28.6. The van der Waals surface area contributed by atoms with Gasteiger partial charge in [-0.15, -0.1) is 56.7 Å². The van der Waals surface area contributed by atoms with Crippen LogP contribution >= 0.6 is 56.7 Å². The number of anilines is 3. The van der Waals surface area contributed by atoms with Crippen molar-refractivity contribution in [1.29, 1.82) is 5.26 Å². The van der Waals surface area contributed by atoms with Gasteiger partial charge in [-0.1, -0.05) is 159 Å². The lowest BCUT2D eigenvalue weighted by molar-refractivity contribution is -0.132. The molecule has 5 aromatic heterocycles. The summed E-state index contributed by atoms with van der Waals surface area (Å²) in [4.78, 5) is 21.4. The van der Waals surface area contributed by atoms with Crippen molar-refractivity contribution >= 4 is 115 Å². The third kappa shape index (κ3) is 13.5. The third-order valence-corrected chi connectivity index (χ3v) is 21.3. The molecule has 0 fully saturated rings. The standard InChI is InChI=1S/C67H74N2O4S5/c1-6-10-14-21-31-53-57(41-49(44-68)67(70)71)74-65-62(53)78-63-54(32-22-15-11-7-2)61(77-66(63)65)58-43-56(73-36-26-17-13-9-4)64(76-58)59-42-55(72-35-25-16-12-8-3)60(75-59)48-37-45(5)38-52(40-48)69(50-29-19-18-20-30-50)51-34-33-46-27-23-24-28-47(46)39-51/h18-20,23-24,27-30,33-34,37-43H,6-17,21-22,25-26,31-32,35-36H2,1-5H3,(H,70,71)/b49-41-. The van der Waals surface area contributed by atoms with E-state index in [1.807, 2.05) is 40.1 Å². The Hall–Kier alpha value is -5.74. The monoisotopic (exact) mass is 1130 g/mol. The van der Waals surface area contributed by atoms with Gasteiger partial charge in [0, 0.05) is 43.8 Å². The zero-order chi connectivity index (χ0) is 54.4. The number of hydrogen-bond donors (Lipinski definition) is 1. The van der Waals surface area contributed by atoms with Gasteiger partial charge in [0.1, 0.15) is 23.1 Å². The van der Waals surface area contributed by atoms with Crippen molar-refractivity contribution in [3.8, 4) is 47.5 Å². The van der Waals surface area contributed by atoms with Crippen LogP contribution in [0.15, 0.2) is 109 Å². The lowest BCUT2D eigenvalue weighted by Gasteiger charge is -2.27. The quantitative estimate of drug-likeness (QED) is 0.0274. The highest BCUT2D eigenvalue weighted by molar-refractivity contribution is 7.40. The van der Waals surface area contributed by atoms with E-state index in [-0.39, 0.29) is 5.57 Å². The average Bonchev–Trinajstić information content (AvgIpc) is 4.31. The minimum absolute atomic E-state index is 0.216. The predicted octanol–water partition coefficient (Wildman–Crippen LogP) is 22.4. The van der Waals surface area contributed by atoms with Crippen LogP contribution in [0.2, 0.25) is 0 Å². The van der Waals surface area contributed by atoms with Gasteiger partial charge in [-0.2, -0.15) is 5.26 Å². The van der Waals surface area contributed by atoms with Crippen LogP contribution < -0.4 is 14.4 Å². The molecule has 0 amide bonds. The van der Waals surface area contributed by atoms with Crippen molar-refractivity contribution in [1.82, 2.24) is 0 Å². The molecule has 78 heavy (non-hydrogen) atoms. The Morgan fingerprint density at radius 1 is 0.538 bits per heavy atom. The van der Waals surface area contributed by atoms with Gasteiger partial charge < -0.3 is 19.5 Å². The van der Waals surface area contributed by atoms with E-state index in [4.69, 9.17) is 9.47 Å². The number of ether oxygens (including phenoxy) is 2. The summed E-state index contributed by atoms with van der Waals surface area (Å²) in [5.74, 6) is 0.662. The van der Waals surface area contributed by atoms with Gasteiger partial charge in [0.05, 0.1) is 46.6 Å². The Kier molecular flexibility index (Phi) is 20.4. The van der Waals surface area contributed by atoms with Crippen LogP contribution in [0.25, 0.3) is 65.6 Å². The molecule has 9 rings (SSSR count). The summed E-state index contributed by atoms with van der Waals surface area (Å²) in [6.45, 7) is 12.5. The first-order valence-corrected chi connectivity index (χ1v) is 32.7. The Balaban J connectivity index is 1.18. The summed E-state index contributed by atoms with van der Waals surface area (Å²) in [6, 6.07) is 39.5. The predicted molar refractivity (Wildman–Crippen MR) is 340 cm³/mol. The van der Waals surface area contributed by atoms with Crippen LogP contribution in [0.4, 0.5) is 17.1 Å². The van der Waals surface area contributed by atoms with E-state index in [9.17, 15) is 15.2 Å². The number of nitrogens with zero attached hydrogens (tertiary/aromatic N) is 2. The van der Waals surface area contributed by atoms with Gasteiger partial charge in [0.25, 0.3) is 0 Å². The van der Waals surface area contributed by atoms with Gasteiger partial charge in [0.15, 0.2) is 0 Å². The molecule has 0 saturated heterocycles. The van der Waals surface area contributed by atoms with E-state index in [1.165, 1.54) is 107 Å². The number of thiophene rings is 5. The van der Waals surface area contributed by atoms with Crippen LogP contribution in [0.1, 0.15) is 152 Å². The highest BCUT2D eigenvalue weighted by Gasteiger charge is 2.27. The van der Waals surface area contributed by atoms with Crippen LogP contribution in [-0.4, -0.2) is 24.3 Å². The molecule has 0 bridgehead atoms. The molecule has 9 aromatic rings. The SMILES string of the molecule is CCCCCCOc1cc(-c2sc(-c3sc4c(sc5c(CCCCCC)c(/C=C(/C#N)C(=O)O)sc54)c3CCCCCC)cc2OCCCCCC)sc1-c1cc(C)cc(N(c2ccccc2)c2ccc3ccccc3c2)c1. The number of fused-ring (bicyclic) bond motifs is 4. The van der Waals surface area contributed by atoms with Gasteiger partial charge in [-0.25, -0.2) is 4.79 Å². The molecule has 1 N–H and O–H groups in total. The summed E-state index contributed by atoms with van der Waals surface area (Å²) in [7, 11) is 0. The molecule has 0 atom stereocenters. The number of carbonyl (C=O) groups is 1. The Labute approximate surface area is 482 Å². The molecule has 0 unspecified atom stereocenters. The fourth-order valence-electron chi connectivity index (χ4n) is 10.4. The first-order chi connectivity index (χ1) is 38.2. The van der Waals surface area contributed by atoms with E-state index in [2.05, 4.69) is 143 Å². The number of nitriles is 1. The van der Waals surface area contributed by atoms with Crippen LogP contribution in [0, 0.1) is 18.3 Å². The number of hydrogen-bond acceptors (Lipinski definition) is 10. The Bertz CT molecular complexity index is 3510. The molecule has 5 heterocycles. The summed E-state index contributed by atoms with van der Waals surface area (Å²) in [5, 5.41) is 22.2. The first kappa shape index (κ1) is 57.0. The maximum absolute atomic E-state index is 12.2. The van der Waals surface area contributed by atoms with Crippen LogP contribution in [0.5, 0.6) is 11.5 Å². The number of para-hydroxylation sites is 1. The van der Waals surface area contributed by atoms with E-state index in [0.29, 0.717) is 13.2 Å². The fourth-order valence-corrected chi connectivity index (χ4v) is 17.4. The van der Waals surface area contributed by atoms with E-state index >= 15 is 0 Å². The largest absolute Gasteiger partial charge is 0.492 e. The van der Waals surface area contributed by atoms with Crippen molar-refractivity contribution in [2.45, 2.75) is 150 Å². The fraction of sp³-hybridized carbons (Fsp3) is 0.373. The lowest BCUT2D eigenvalue weighted by Crippen LogP contribution is -2.10. The lowest BCUT2D eigenvalue weighted by atomic mass is 10.0. The van der Waals surface area contributed by atoms with Crippen molar-refractivity contribution < 1.29 is 19.4 Å². The highest BCUT2D eigenvalue weighted by Crippen LogP contribution is 2.56. The molecule has 0 spiro atoms.